The summed E-state index contributed by atoms with van der Waals surface area (Å²) in [5.74, 6) is 0.750. The normalized spacial score (nSPS) is 11.2. The van der Waals surface area contributed by atoms with Gasteiger partial charge in [0.25, 0.3) is 0 Å². The third-order valence-electron chi connectivity index (χ3n) is 3.16. The van der Waals surface area contributed by atoms with Gasteiger partial charge in [-0.2, -0.15) is 10.2 Å². The molecule has 8 heteroatoms. The molecule has 0 radical (unpaired) electrons. The lowest BCUT2D eigenvalue weighted by Gasteiger charge is -2.03. The lowest BCUT2D eigenvalue weighted by atomic mass is 10.3. The van der Waals surface area contributed by atoms with Gasteiger partial charge in [0.2, 0.25) is 0 Å². The maximum absolute atomic E-state index is 6.33. The van der Waals surface area contributed by atoms with Gasteiger partial charge in [0.15, 0.2) is 5.82 Å². The van der Waals surface area contributed by atoms with Gasteiger partial charge in [-0.25, -0.2) is 9.67 Å². The molecule has 0 fully saturated rings. The van der Waals surface area contributed by atoms with Crippen molar-refractivity contribution in [1.82, 2.24) is 29.9 Å². The number of nitrogens with one attached hydrogen (secondary N) is 1. The lowest BCUT2D eigenvalue weighted by molar-refractivity contribution is 0.199. The first-order chi connectivity index (χ1) is 10.2. The molecule has 2 aromatic heterocycles. The van der Waals surface area contributed by atoms with Crippen molar-refractivity contribution in [2.45, 2.75) is 26.4 Å². The Hall–Kier alpha value is -1.44. The van der Waals surface area contributed by atoms with Crippen molar-refractivity contribution in [1.29, 1.82) is 0 Å². The van der Waals surface area contributed by atoms with Crippen molar-refractivity contribution < 1.29 is 4.74 Å². The van der Waals surface area contributed by atoms with Gasteiger partial charge in [-0.3, -0.25) is 4.68 Å². The minimum atomic E-state index is 0.563. The molecule has 7 nitrogen and oxygen atoms in total. The van der Waals surface area contributed by atoms with Gasteiger partial charge < -0.3 is 10.1 Å². The highest BCUT2D eigenvalue weighted by atomic mass is 35.5. The largest absolute Gasteiger partial charge is 0.383 e. The molecule has 0 bridgehead atoms. The lowest BCUT2D eigenvalue weighted by Crippen LogP contribution is -2.19. The van der Waals surface area contributed by atoms with E-state index < -0.39 is 0 Å². The van der Waals surface area contributed by atoms with Crippen molar-refractivity contribution in [2.75, 3.05) is 20.3 Å². The van der Waals surface area contributed by atoms with Crippen LogP contribution in [0, 0.1) is 0 Å². The summed E-state index contributed by atoms with van der Waals surface area (Å²) in [6.45, 7) is 4.67. The van der Waals surface area contributed by atoms with E-state index >= 15 is 0 Å². The fraction of sp³-hybridized carbons (Fsp3) is 0.615. The molecule has 21 heavy (non-hydrogen) atoms. The Kier molecular flexibility index (Phi) is 5.72. The highest BCUT2D eigenvalue weighted by Crippen LogP contribution is 2.21. The molecule has 2 rings (SSSR count). The molecular weight excluding hydrogens is 292 g/mol. The molecule has 0 amide bonds. The van der Waals surface area contributed by atoms with E-state index in [0.717, 1.165) is 35.2 Å². The van der Waals surface area contributed by atoms with Crippen molar-refractivity contribution in [3.63, 3.8) is 0 Å². The van der Waals surface area contributed by atoms with Gasteiger partial charge in [-0.15, -0.1) is 0 Å². The molecule has 0 aromatic carbocycles. The average molecular weight is 313 g/mol. The quantitative estimate of drug-likeness (QED) is 0.737. The van der Waals surface area contributed by atoms with E-state index in [1.807, 2.05) is 14.0 Å². The molecule has 0 aliphatic rings. The van der Waals surface area contributed by atoms with E-state index in [-0.39, 0.29) is 0 Å². The fourth-order valence-electron chi connectivity index (χ4n) is 2.01. The van der Waals surface area contributed by atoms with Crippen molar-refractivity contribution in [3.8, 4) is 0 Å². The van der Waals surface area contributed by atoms with Gasteiger partial charge in [0.1, 0.15) is 6.33 Å². The number of ether oxygens (including phenoxy) is 1. The molecule has 116 valence electrons. The van der Waals surface area contributed by atoms with Crippen LogP contribution in [-0.2, 0) is 31.3 Å². The zero-order valence-corrected chi connectivity index (χ0v) is 13.4. The number of nitrogens with zero attached hydrogens (tertiary/aromatic N) is 5. The second-order valence-corrected chi connectivity index (χ2v) is 5.09. The van der Waals surface area contributed by atoms with Gasteiger partial charge in [-0.05, 0) is 6.42 Å². The van der Waals surface area contributed by atoms with Crippen LogP contribution < -0.4 is 5.32 Å². The third kappa shape index (κ3) is 4.03. The zero-order chi connectivity index (χ0) is 15.2. The number of aromatic nitrogens is 5. The van der Waals surface area contributed by atoms with Crippen LogP contribution in [0.3, 0.4) is 0 Å². The molecule has 1 N–H and O–H groups in total. The smallest absolute Gasteiger partial charge is 0.164 e. The molecule has 0 atom stereocenters. The molecule has 0 aliphatic heterocycles. The topological polar surface area (TPSA) is 69.8 Å². The average Bonchev–Trinajstić information content (AvgIpc) is 3.03. The molecule has 2 aromatic rings. The summed E-state index contributed by atoms with van der Waals surface area (Å²) in [7, 11) is 3.57. The van der Waals surface area contributed by atoms with Crippen molar-refractivity contribution in [2.24, 2.45) is 7.05 Å². The van der Waals surface area contributed by atoms with Crippen LogP contribution in [0.5, 0.6) is 0 Å². The number of hydrogen-bond donors (Lipinski definition) is 1. The number of methoxy groups -OCH3 is 1. The molecular formula is C13H21ClN6O. The molecule has 0 spiro atoms. The van der Waals surface area contributed by atoms with E-state index in [0.29, 0.717) is 19.7 Å². The van der Waals surface area contributed by atoms with E-state index in [1.54, 1.807) is 22.8 Å². The van der Waals surface area contributed by atoms with Crippen LogP contribution in [-0.4, -0.2) is 44.8 Å². The standard InChI is InChI=1S/C13H21ClN6O/c1-4-10-13(14)11(19(2)17-10)8-20-9-16-12(18-20)7-15-5-6-21-3/h9,15H,4-8H2,1-3H3. The van der Waals surface area contributed by atoms with Crippen LogP contribution in [0.2, 0.25) is 5.02 Å². The maximum Gasteiger partial charge on any atom is 0.164 e. The van der Waals surface area contributed by atoms with E-state index in [2.05, 4.69) is 20.5 Å². The number of aryl methyl sites for hydroxylation is 2. The second kappa shape index (κ2) is 7.53. The molecule has 0 aliphatic carbocycles. The van der Waals surface area contributed by atoms with Crippen molar-refractivity contribution in [3.05, 3.63) is 28.6 Å². The van der Waals surface area contributed by atoms with Crippen LogP contribution >= 0.6 is 11.6 Å². The third-order valence-corrected chi connectivity index (χ3v) is 3.60. The Bertz CT molecular complexity index is 579. The molecule has 0 unspecified atom stereocenters. The summed E-state index contributed by atoms with van der Waals surface area (Å²) in [6, 6.07) is 0. The summed E-state index contributed by atoms with van der Waals surface area (Å²) in [4.78, 5) is 4.27. The summed E-state index contributed by atoms with van der Waals surface area (Å²) in [6.07, 6.45) is 2.53. The SMILES string of the molecule is CCc1nn(C)c(Cn2cnc(CNCCOC)n2)c1Cl. The summed E-state index contributed by atoms with van der Waals surface area (Å²) >= 11 is 6.33. The summed E-state index contributed by atoms with van der Waals surface area (Å²) in [5, 5.41) is 12.7. The number of hydrogen-bond acceptors (Lipinski definition) is 5. The Balaban J connectivity index is 1.98. The van der Waals surface area contributed by atoms with Crippen LogP contribution in [0.15, 0.2) is 6.33 Å². The predicted molar refractivity (Wildman–Crippen MR) is 80.3 cm³/mol. The van der Waals surface area contributed by atoms with Gasteiger partial charge in [0, 0.05) is 20.7 Å². The maximum atomic E-state index is 6.33. The number of halogens is 1. The molecule has 2 heterocycles. The van der Waals surface area contributed by atoms with Gasteiger partial charge in [-0.1, -0.05) is 18.5 Å². The van der Waals surface area contributed by atoms with Crippen LogP contribution in [0.25, 0.3) is 0 Å². The minimum absolute atomic E-state index is 0.563. The first-order valence-electron chi connectivity index (χ1n) is 6.94. The minimum Gasteiger partial charge on any atom is -0.383 e. The Morgan fingerprint density at radius 2 is 2.19 bits per heavy atom. The Morgan fingerprint density at radius 1 is 1.38 bits per heavy atom. The van der Waals surface area contributed by atoms with Crippen LogP contribution in [0.1, 0.15) is 24.1 Å². The first kappa shape index (κ1) is 15.9. The highest BCUT2D eigenvalue weighted by molar-refractivity contribution is 6.31. The first-order valence-corrected chi connectivity index (χ1v) is 7.31. The van der Waals surface area contributed by atoms with Gasteiger partial charge in [0.05, 0.1) is 36.1 Å². The van der Waals surface area contributed by atoms with E-state index in [4.69, 9.17) is 16.3 Å². The molecule has 0 saturated carbocycles. The summed E-state index contributed by atoms with van der Waals surface area (Å²) < 4.78 is 8.55. The van der Waals surface area contributed by atoms with E-state index in [9.17, 15) is 0 Å². The highest BCUT2D eigenvalue weighted by Gasteiger charge is 2.14. The van der Waals surface area contributed by atoms with E-state index in [1.165, 1.54) is 0 Å². The van der Waals surface area contributed by atoms with Crippen LogP contribution in [0.4, 0.5) is 0 Å². The summed E-state index contributed by atoms with van der Waals surface area (Å²) in [5.41, 5.74) is 1.85. The molecule has 0 saturated heterocycles. The second-order valence-electron chi connectivity index (χ2n) is 4.71. The Morgan fingerprint density at radius 3 is 2.86 bits per heavy atom. The zero-order valence-electron chi connectivity index (χ0n) is 12.6. The van der Waals surface area contributed by atoms with Gasteiger partial charge >= 0.3 is 0 Å². The fourth-order valence-corrected chi connectivity index (χ4v) is 2.36. The Labute approximate surface area is 129 Å². The monoisotopic (exact) mass is 312 g/mol. The number of rotatable bonds is 8. The predicted octanol–water partition coefficient (Wildman–Crippen LogP) is 1.01. The van der Waals surface area contributed by atoms with Crippen molar-refractivity contribution >= 4 is 11.6 Å².